The summed E-state index contributed by atoms with van der Waals surface area (Å²) < 4.78 is 6.03. The molecule has 0 amide bonds. The zero-order chi connectivity index (χ0) is 15.2. The van der Waals surface area contributed by atoms with Gasteiger partial charge in [-0.15, -0.1) is 11.6 Å². The van der Waals surface area contributed by atoms with E-state index in [1.165, 1.54) is 5.56 Å². The van der Waals surface area contributed by atoms with Crippen molar-refractivity contribution < 1.29 is 4.74 Å². The van der Waals surface area contributed by atoms with E-state index in [1.807, 2.05) is 24.3 Å². The van der Waals surface area contributed by atoms with Crippen molar-refractivity contribution in [3.05, 3.63) is 53.2 Å². The van der Waals surface area contributed by atoms with Crippen LogP contribution >= 0.6 is 11.6 Å². The SMILES string of the molecule is CCCc1cc(CCl)cc(Oc2ccccc2C(C)C)n1. The molecule has 0 unspecified atom stereocenters. The number of aryl methyl sites for hydroxylation is 1. The molecule has 1 heterocycles. The van der Waals surface area contributed by atoms with Gasteiger partial charge in [0.25, 0.3) is 0 Å². The maximum Gasteiger partial charge on any atom is 0.219 e. The highest BCUT2D eigenvalue weighted by molar-refractivity contribution is 6.17. The van der Waals surface area contributed by atoms with Crippen molar-refractivity contribution in [1.29, 1.82) is 0 Å². The summed E-state index contributed by atoms with van der Waals surface area (Å²) in [5.41, 5.74) is 3.27. The Morgan fingerprint density at radius 1 is 1.19 bits per heavy atom. The van der Waals surface area contributed by atoms with Crippen LogP contribution in [-0.4, -0.2) is 4.98 Å². The summed E-state index contributed by atoms with van der Waals surface area (Å²) in [6.07, 6.45) is 1.99. The van der Waals surface area contributed by atoms with Crippen LogP contribution in [0.5, 0.6) is 11.6 Å². The molecule has 0 saturated heterocycles. The lowest BCUT2D eigenvalue weighted by atomic mass is 10.0. The van der Waals surface area contributed by atoms with Crippen molar-refractivity contribution in [2.24, 2.45) is 0 Å². The highest BCUT2D eigenvalue weighted by Gasteiger charge is 2.10. The van der Waals surface area contributed by atoms with Gasteiger partial charge in [0.15, 0.2) is 0 Å². The lowest BCUT2D eigenvalue weighted by Crippen LogP contribution is -1.98. The number of alkyl halides is 1. The lowest BCUT2D eigenvalue weighted by Gasteiger charge is -2.14. The first kappa shape index (κ1) is 15.8. The van der Waals surface area contributed by atoms with Crippen LogP contribution in [0.4, 0.5) is 0 Å². The first-order chi connectivity index (χ1) is 10.1. The predicted octanol–water partition coefficient (Wildman–Crippen LogP) is 5.69. The molecular formula is C18H22ClNO. The van der Waals surface area contributed by atoms with Crippen LogP contribution < -0.4 is 4.74 Å². The maximum absolute atomic E-state index is 6.03. The molecule has 21 heavy (non-hydrogen) atoms. The monoisotopic (exact) mass is 303 g/mol. The molecule has 0 aliphatic carbocycles. The van der Waals surface area contributed by atoms with Crippen LogP contribution in [0.1, 0.15) is 49.9 Å². The van der Waals surface area contributed by atoms with Crippen LogP contribution in [0.2, 0.25) is 0 Å². The fraction of sp³-hybridized carbons (Fsp3) is 0.389. The molecular weight excluding hydrogens is 282 g/mol. The molecule has 0 saturated carbocycles. The third kappa shape index (κ3) is 4.21. The second-order valence-electron chi connectivity index (χ2n) is 5.48. The van der Waals surface area contributed by atoms with Gasteiger partial charge in [0, 0.05) is 17.6 Å². The Morgan fingerprint density at radius 2 is 1.95 bits per heavy atom. The van der Waals surface area contributed by atoms with E-state index in [9.17, 15) is 0 Å². The van der Waals surface area contributed by atoms with Gasteiger partial charge in [-0.25, -0.2) is 4.98 Å². The Bertz CT molecular complexity index is 596. The molecule has 0 bridgehead atoms. The summed E-state index contributed by atoms with van der Waals surface area (Å²) in [5.74, 6) is 2.38. The zero-order valence-electron chi connectivity index (χ0n) is 12.9. The number of ether oxygens (including phenoxy) is 1. The number of aromatic nitrogens is 1. The number of hydrogen-bond acceptors (Lipinski definition) is 2. The van der Waals surface area contributed by atoms with E-state index in [2.05, 4.69) is 37.9 Å². The quantitative estimate of drug-likeness (QED) is 0.640. The number of pyridine rings is 1. The highest BCUT2D eigenvalue weighted by atomic mass is 35.5. The average Bonchev–Trinajstić information content (AvgIpc) is 2.47. The van der Waals surface area contributed by atoms with E-state index in [4.69, 9.17) is 16.3 Å². The Balaban J connectivity index is 2.32. The van der Waals surface area contributed by atoms with Gasteiger partial charge in [0.2, 0.25) is 5.88 Å². The highest BCUT2D eigenvalue weighted by Crippen LogP contribution is 2.30. The predicted molar refractivity (Wildman–Crippen MR) is 88.4 cm³/mol. The van der Waals surface area contributed by atoms with Crippen molar-refractivity contribution in [3.63, 3.8) is 0 Å². The number of rotatable bonds is 6. The second kappa shape index (κ2) is 7.46. The van der Waals surface area contributed by atoms with E-state index in [0.29, 0.717) is 17.7 Å². The van der Waals surface area contributed by atoms with Crippen LogP contribution in [-0.2, 0) is 12.3 Å². The molecule has 112 valence electrons. The van der Waals surface area contributed by atoms with Gasteiger partial charge in [-0.2, -0.15) is 0 Å². The summed E-state index contributed by atoms with van der Waals surface area (Å²) in [7, 11) is 0. The fourth-order valence-corrected chi connectivity index (χ4v) is 2.45. The molecule has 0 atom stereocenters. The number of para-hydroxylation sites is 1. The zero-order valence-corrected chi connectivity index (χ0v) is 13.7. The summed E-state index contributed by atoms with van der Waals surface area (Å²) in [4.78, 5) is 4.59. The van der Waals surface area contributed by atoms with E-state index in [0.717, 1.165) is 29.8 Å². The fourth-order valence-electron chi connectivity index (χ4n) is 2.30. The van der Waals surface area contributed by atoms with Crippen molar-refractivity contribution in [2.75, 3.05) is 0 Å². The van der Waals surface area contributed by atoms with Crippen LogP contribution in [0.25, 0.3) is 0 Å². The Morgan fingerprint density at radius 3 is 2.62 bits per heavy atom. The minimum absolute atomic E-state index is 0.410. The van der Waals surface area contributed by atoms with E-state index >= 15 is 0 Å². The van der Waals surface area contributed by atoms with Gasteiger partial charge >= 0.3 is 0 Å². The van der Waals surface area contributed by atoms with Gasteiger partial charge in [-0.3, -0.25) is 0 Å². The Hall–Kier alpha value is -1.54. The minimum Gasteiger partial charge on any atom is -0.439 e. The van der Waals surface area contributed by atoms with Gasteiger partial charge in [-0.1, -0.05) is 45.4 Å². The molecule has 0 aliphatic heterocycles. The van der Waals surface area contributed by atoms with E-state index < -0.39 is 0 Å². The van der Waals surface area contributed by atoms with Crippen LogP contribution in [0.3, 0.4) is 0 Å². The van der Waals surface area contributed by atoms with Gasteiger partial charge in [0.1, 0.15) is 5.75 Å². The third-order valence-electron chi connectivity index (χ3n) is 3.33. The van der Waals surface area contributed by atoms with E-state index in [-0.39, 0.29) is 0 Å². The molecule has 3 heteroatoms. The summed E-state index contributed by atoms with van der Waals surface area (Å²) in [6, 6.07) is 12.1. The lowest BCUT2D eigenvalue weighted by molar-refractivity contribution is 0.451. The van der Waals surface area contributed by atoms with E-state index in [1.54, 1.807) is 0 Å². The first-order valence-electron chi connectivity index (χ1n) is 7.46. The second-order valence-corrected chi connectivity index (χ2v) is 5.75. The standard InChI is InChI=1S/C18H22ClNO/c1-4-7-15-10-14(12-19)11-18(20-15)21-17-9-6-5-8-16(17)13(2)3/h5-6,8-11,13H,4,7,12H2,1-3H3. The smallest absolute Gasteiger partial charge is 0.219 e. The van der Waals surface area contributed by atoms with Gasteiger partial charge < -0.3 is 4.74 Å². The number of hydrogen-bond donors (Lipinski definition) is 0. The van der Waals surface area contributed by atoms with Crippen LogP contribution in [0.15, 0.2) is 36.4 Å². The molecule has 0 radical (unpaired) electrons. The number of benzene rings is 1. The van der Waals surface area contributed by atoms with Crippen molar-refractivity contribution >= 4 is 11.6 Å². The molecule has 2 nitrogen and oxygen atoms in total. The van der Waals surface area contributed by atoms with Gasteiger partial charge in [0.05, 0.1) is 0 Å². The molecule has 0 spiro atoms. The van der Waals surface area contributed by atoms with Crippen molar-refractivity contribution in [3.8, 4) is 11.6 Å². The third-order valence-corrected chi connectivity index (χ3v) is 3.64. The minimum atomic E-state index is 0.410. The largest absolute Gasteiger partial charge is 0.439 e. The molecule has 2 aromatic rings. The summed E-state index contributed by atoms with van der Waals surface area (Å²) >= 11 is 5.97. The molecule has 1 aromatic heterocycles. The van der Waals surface area contributed by atoms with Gasteiger partial charge in [-0.05, 0) is 35.6 Å². The first-order valence-corrected chi connectivity index (χ1v) is 8.00. The van der Waals surface area contributed by atoms with Crippen LogP contribution in [0, 0.1) is 0 Å². The van der Waals surface area contributed by atoms with Crippen molar-refractivity contribution in [1.82, 2.24) is 4.98 Å². The number of halogens is 1. The topological polar surface area (TPSA) is 22.1 Å². The maximum atomic E-state index is 6.03. The molecule has 0 fully saturated rings. The molecule has 1 aromatic carbocycles. The molecule has 0 aliphatic rings. The van der Waals surface area contributed by atoms with Crippen molar-refractivity contribution in [2.45, 2.75) is 45.4 Å². The molecule has 0 N–H and O–H groups in total. The normalized spacial score (nSPS) is 10.9. The Kier molecular flexibility index (Phi) is 5.63. The summed E-state index contributed by atoms with van der Waals surface area (Å²) in [6.45, 7) is 6.46. The number of nitrogens with zero attached hydrogens (tertiary/aromatic N) is 1. The molecule has 2 rings (SSSR count). The Labute approximate surface area is 132 Å². The average molecular weight is 304 g/mol. The summed E-state index contributed by atoms with van der Waals surface area (Å²) in [5, 5.41) is 0.